The van der Waals surface area contributed by atoms with Crippen molar-refractivity contribution in [2.24, 2.45) is 5.92 Å². The number of rotatable bonds is 3. The van der Waals surface area contributed by atoms with Crippen molar-refractivity contribution in [3.8, 4) is 5.75 Å². The van der Waals surface area contributed by atoms with Crippen molar-refractivity contribution < 1.29 is 13.9 Å². The van der Waals surface area contributed by atoms with Crippen molar-refractivity contribution in [2.75, 3.05) is 18.0 Å². The Balaban J connectivity index is 1.40. The molecule has 1 aliphatic heterocycles. The highest BCUT2D eigenvalue weighted by molar-refractivity contribution is 5.77. The minimum absolute atomic E-state index is 0.0883. The summed E-state index contributed by atoms with van der Waals surface area (Å²) in [4.78, 5) is 19.2. The van der Waals surface area contributed by atoms with E-state index in [0.29, 0.717) is 11.8 Å². The average molecular weight is 350 g/mol. The van der Waals surface area contributed by atoms with Crippen LogP contribution < -0.4 is 9.64 Å². The van der Waals surface area contributed by atoms with Gasteiger partial charge < -0.3 is 14.1 Å². The Morgan fingerprint density at radius 1 is 1.08 bits per heavy atom. The monoisotopic (exact) mass is 350 g/mol. The van der Waals surface area contributed by atoms with Crippen LogP contribution in [0.1, 0.15) is 24.0 Å². The van der Waals surface area contributed by atoms with Crippen LogP contribution in [0.5, 0.6) is 5.75 Å². The number of esters is 1. The summed E-state index contributed by atoms with van der Waals surface area (Å²) < 4.78 is 11.5. The second kappa shape index (κ2) is 6.83. The first-order chi connectivity index (χ1) is 12.6. The standard InChI is InChI=1S/C21H22N2O3/c1-14-6-5-7-15(2)19(14)26-20(24)16-10-12-23(13-11-16)21-22-17-8-3-4-9-18(17)25-21/h3-9,16H,10-13H2,1-2H3. The Morgan fingerprint density at radius 2 is 1.77 bits per heavy atom. The van der Waals surface area contributed by atoms with E-state index in [1.807, 2.05) is 56.3 Å². The molecule has 1 aromatic heterocycles. The van der Waals surface area contributed by atoms with Gasteiger partial charge >= 0.3 is 5.97 Å². The van der Waals surface area contributed by atoms with E-state index in [1.165, 1.54) is 0 Å². The molecule has 0 N–H and O–H groups in total. The van der Waals surface area contributed by atoms with E-state index >= 15 is 0 Å². The van der Waals surface area contributed by atoms with Gasteiger partial charge in [-0.2, -0.15) is 4.98 Å². The van der Waals surface area contributed by atoms with Gasteiger partial charge in [0.05, 0.1) is 5.92 Å². The maximum absolute atomic E-state index is 12.6. The predicted octanol–water partition coefficient (Wildman–Crippen LogP) is 4.27. The number of fused-ring (bicyclic) bond motifs is 1. The normalized spacial score (nSPS) is 15.4. The second-order valence-electron chi connectivity index (χ2n) is 6.87. The number of aryl methyl sites for hydroxylation is 2. The molecule has 0 unspecified atom stereocenters. The molecular weight excluding hydrogens is 328 g/mol. The summed E-state index contributed by atoms with van der Waals surface area (Å²) in [6.07, 6.45) is 1.48. The molecule has 134 valence electrons. The van der Waals surface area contributed by atoms with E-state index in [1.54, 1.807) is 0 Å². The number of benzene rings is 2. The van der Waals surface area contributed by atoms with E-state index in [4.69, 9.17) is 9.15 Å². The molecule has 26 heavy (non-hydrogen) atoms. The van der Waals surface area contributed by atoms with Gasteiger partial charge in [0.15, 0.2) is 5.58 Å². The molecule has 0 atom stereocenters. The third-order valence-electron chi connectivity index (χ3n) is 4.99. The maximum atomic E-state index is 12.6. The molecule has 0 saturated carbocycles. The van der Waals surface area contributed by atoms with E-state index in [0.717, 1.165) is 48.2 Å². The molecule has 0 spiro atoms. The topological polar surface area (TPSA) is 55.6 Å². The fourth-order valence-corrected chi connectivity index (χ4v) is 3.45. The van der Waals surface area contributed by atoms with Crippen molar-refractivity contribution >= 4 is 23.1 Å². The molecule has 1 aliphatic rings. The summed E-state index contributed by atoms with van der Waals surface area (Å²) in [5.41, 5.74) is 3.63. The Bertz CT molecular complexity index is 886. The molecule has 1 saturated heterocycles. The molecular formula is C21H22N2O3. The SMILES string of the molecule is Cc1cccc(C)c1OC(=O)C1CCN(c2nc3ccccc3o2)CC1. The van der Waals surface area contributed by atoms with Crippen molar-refractivity contribution in [1.29, 1.82) is 0 Å². The number of carbonyl (C=O) groups is 1. The number of aromatic nitrogens is 1. The molecule has 0 amide bonds. The number of carbonyl (C=O) groups excluding carboxylic acids is 1. The van der Waals surface area contributed by atoms with Crippen LogP contribution in [0.3, 0.4) is 0 Å². The van der Waals surface area contributed by atoms with E-state index in [-0.39, 0.29) is 11.9 Å². The zero-order chi connectivity index (χ0) is 18.1. The van der Waals surface area contributed by atoms with Crippen LogP contribution in [-0.4, -0.2) is 24.0 Å². The van der Waals surface area contributed by atoms with Crippen LogP contribution in [0.25, 0.3) is 11.1 Å². The van der Waals surface area contributed by atoms with E-state index in [9.17, 15) is 4.79 Å². The van der Waals surface area contributed by atoms with Gasteiger partial charge in [0.1, 0.15) is 11.3 Å². The maximum Gasteiger partial charge on any atom is 0.314 e. The second-order valence-corrected chi connectivity index (χ2v) is 6.87. The Morgan fingerprint density at radius 3 is 2.46 bits per heavy atom. The predicted molar refractivity (Wildman–Crippen MR) is 100 cm³/mol. The summed E-state index contributed by atoms with van der Waals surface area (Å²) in [6.45, 7) is 5.40. The molecule has 5 nitrogen and oxygen atoms in total. The average Bonchev–Trinajstić information content (AvgIpc) is 3.09. The van der Waals surface area contributed by atoms with Crippen molar-refractivity contribution in [3.05, 3.63) is 53.6 Å². The van der Waals surface area contributed by atoms with Gasteiger partial charge in [-0.15, -0.1) is 0 Å². The van der Waals surface area contributed by atoms with Crippen LogP contribution in [0.4, 0.5) is 6.01 Å². The highest BCUT2D eigenvalue weighted by atomic mass is 16.5. The van der Waals surface area contributed by atoms with Crippen LogP contribution in [0.2, 0.25) is 0 Å². The van der Waals surface area contributed by atoms with Crippen molar-refractivity contribution in [2.45, 2.75) is 26.7 Å². The number of hydrogen-bond acceptors (Lipinski definition) is 5. The first-order valence-electron chi connectivity index (χ1n) is 9.00. The zero-order valence-electron chi connectivity index (χ0n) is 15.1. The number of piperidine rings is 1. The zero-order valence-corrected chi connectivity index (χ0v) is 15.1. The quantitative estimate of drug-likeness (QED) is 0.522. The lowest BCUT2D eigenvalue weighted by Crippen LogP contribution is -2.37. The fourth-order valence-electron chi connectivity index (χ4n) is 3.45. The van der Waals surface area contributed by atoms with Gasteiger partial charge in [-0.3, -0.25) is 4.79 Å². The summed E-state index contributed by atoms with van der Waals surface area (Å²) in [5, 5.41) is 0. The molecule has 0 radical (unpaired) electrons. The van der Waals surface area contributed by atoms with Gasteiger partial charge in [-0.25, -0.2) is 0 Å². The molecule has 1 fully saturated rings. The molecule has 0 aliphatic carbocycles. The molecule has 3 aromatic rings. The van der Waals surface area contributed by atoms with Gasteiger partial charge in [-0.1, -0.05) is 30.3 Å². The molecule has 5 heteroatoms. The number of para-hydroxylation sites is 3. The third kappa shape index (κ3) is 3.17. The summed E-state index contributed by atoms with van der Waals surface area (Å²) >= 11 is 0. The first-order valence-corrected chi connectivity index (χ1v) is 9.00. The number of hydrogen-bond donors (Lipinski definition) is 0. The minimum Gasteiger partial charge on any atom is -0.426 e. The number of oxazole rings is 1. The first kappa shape index (κ1) is 16.6. The van der Waals surface area contributed by atoms with Crippen LogP contribution in [-0.2, 0) is 4.79 Å². The fraction of sp³-hybridized carbons (Fsp3) is 0.333. The lowest BCUT2D eigenvalue weighted by Gasteiger charge is -2.29. The van der Waals surface area contributed by atoms with Gasteiger partial charge in [0.2, 0.25) is 0 Å². The number of anilines is 1. The molecule has 2 heterocycles. The van der Waals surface area contributed by atoms with Gasteiger partial charge in [0.25, 0.3) is 6.01 Å². The summed E-state index contributed by atoms with van der Waals surface area (Å²) in [7, 11) is 0. The molecule has 2 aromatic carbocycles. The highest BCUT2D eigenvalue weighted by Crippen LogP contribution is 2.28. The van der Waals surface area contributed by atoms with Crippen molar-refractivity contribution in [1.82, 2.24) is 4.98 Å². The van der Waals surface area contributed by atoms with Crippen molar-refractivity contribution in [3.63, 3.8) is 0 Å². The largest absolute Gasteiger partial charge is 0.426 e. The summed E-state index contributed by atoms with van der Waals surface area (Å²) in [5.74, 6) is 0.466. The lowest BCUT2D eigenvalue weighted by atomic mass is 9.97. The lowest BCUT2D eigenvalue weighted by molar-refractivity contribution is -0.139. The Kier molecular flexibility index (Phi) is 4.37. The van der Waals surface area contributed by atoms with E-state index in [2.05, 4.69) is 9.88 Å². The smallest absolute Gasteiger partial charge is 0.314 e. The van der Waals surface area contributed by atoms with Crippen LogP contribution in [0.15, 0.2) is 46.9 Å². The number of ether oxygens (including phenoxy) is 1. The van der Waals surface area contributed by atoms with Gasteiger partial charge in [0, 0.05) is 13.1 Å². The Hall–Kier alpha value is -2.82. The molecule has 0 bridgehead atoms. The Labute approximate surface area is 152 Å². The van der Waals surface area contributed by atoms with E-state index < -0.39 is 0 Å². The van der Waals surface area contributed by atoms with Crippen LogP contribution in [0, 0.1) is 19.8 Å². The van der Waals surface area contributed by atoms with Gasteiger partial charge in [-0.05, 0) is 49.9 Å². The minimum atomic E-state index is -0.139. The third-order valence-corrected chi connectivity index (χ3v) is 4.99. The number of nitrogens with zero attached hydrogens (tertiary/aromatic N) is 2. The summed E-state index contributed by atoms with van der Waals surface area (Å²) in [6, 6.07) is 14.3. The molecule has 4 rings (SSSR count). The highest BCUT2D eigenvalue weighted by Gasteiger charge is 2.29. The van der Waals surface area contributed by atoms with Crippen LogP contribution >= 0.6 is 0 Å².